The predicted molar refractivity (Wildman–Crippen MR) is 128 cm³/mol. The van der Waals surface area contributed by atoms with Gasteiger partial charge < -0.3 is 16.4 Å². The van der Waals surface area contributed by atoms with Gasteiger partial charge in [0, 0.05) is 53.3 Å². The first-order valence-corrected chi connectivity index (χ1v) is 11.9. The van der Waals surface area contributed by atoms with Crippen LogP contribution in [0.1, 0.15) is 32.0 Å². The van der Waals surface area contributed by atoms with Gasteiger partial charge in [0.25, 0.3) is 11.8 Å². The smallest absolute Gasteiger partial charge is 0.261 e. The zero-order valence-electron chi connectivity index (χ0n) is 17.2. The molecule has 32 heavy (non-hydrogen) atoms. The number of anilines is 1. The molecule has 7 nitrogen and oxygen atoms in total. The molecule has 4 N–H and O–H groups in total. The van der Waals surface area contributed by atoms with Crippen molar-refractivity contribution in [3.8, 4) is 10.4 Å². The lowest BCUT2D eigenvalue weighted by Crippen LogP contribution is -2.30. The highest BCUT2D eigenvalue weighted by molar-refractivity contribution is 8.14. The molecule has 1 fully saturated rings. The Bertz CT molecular complexity index is 1150. The molecular formula is C23H22N4O3S2. The van der Waals surface area contributed by atoms with Crippen molar-refractivity contribution in [2.24, 2.45) is 11.7 Å². The van der Waals surface area contributed by atoms with Crippen LogP contribution in [0.4, 0.5) is 5.69 Å². The van der Waals surface area contributed by atoms with E-state index < -0.39 is 0 Å². The lowest BCUT2D eigenvalue weighted by Gasteiger charge is -2.10. The Hall–Kier alpha value is -3.01. The maximum Gasteiger partial charge on any atom is 0.261 e. The van der Waals surface area contributed by atoms with Gasteiger partial charge >= 0.3 is 0 Å². The van der Waals surface area contributed by atoms with E-state index in [2.05, 4.69) is 15.6 Å². The zero-order valence-corrected chi connectivity index (χ0v) is 18.8. The minimum absolute atomic E-state index is 0.109. The molecule has 0 spiro atoms. The van der Waals surface area contributed by atoms with E-state index in [1.54, 1.807) is 42.7 Å². The number of pyridine rings is 1. The molecule has 0 aliphatic carbocycles. The van der Waals surface area contributed by atoms with Crippen LogP contribution in [0.15, 0.2) is 54.9 Å². The summed E-state index contributed by atoms with van der Waals surface area (Å²) < 4.78 is 0. The summed E-state index contributed by atoms with van der Waals surface area (Å²) >= 11 is 2.66. The number of hydrogen-bond acceptors (Lipinski definition) is 7. The Morgan fingerprint density at radius 1 is 1.09 bits per heavy atom. The zero-order chi connectivity index (χ0) is 22.5. The van der Waals surface area contributed by atoms with Crippen LogP contribution < -0.4 is 16.4 Å². The van der Waals surface area contributed by atoms with E-state index in [4.69, 9.17) is 5.73 Å². The van der Waals surface area contributed by atoms with Crippen LogP contribution in [0.25, 0.3) is 10.4 Å². The molecule has 1 aliphatic rings. The van der Waals surface area contributed by atoms with Crippen molar-refractivity contribution in [2.45, 2.75) is 13.0 Å². The van der Waals surface area contributed by atoms with Gasteiger partial charge in [0.1, 0.15) is 0 Å². The van der Waals surface area contributed by atoms with Crippen molar-refractivity contribution in [1.82, 2.24) is 10.3 Å². The van der Waals surface area contributed by atoms with E-state index in [0.717, 1.165) is 28.2 Å². The highest BCUT2D eigenvalue weighted by atomic mass is 32.2. The number of rotatable bonds is 7. The van der Waals surface area contributed by atoms with Crippen LogP contribution in [0.2, 0.25) is 0 Å². The first-order chi connectivity index (χ1) is 15.5. The molecule has 1 aliphatic heterocycles. The van der Waals surface area contributed by atoms with Gasteiger partial charge in [-0.15, -0.1) is 11.3 Å². The Balaban J connectivity index is 1.50. The van der Waals surface area contributed by atoms with Gasteiger partial charge in [-0.25, -0.2) is 0 Å². The maximum atomic E-state index is 12.7. The van der Waals surface area contributed by atoms with E-state index >= 15 is 0 Å². The number of nitrogens with zero attached hydrogens (tertiary/aromatic N) is 1. The monoisotopic (exact) mass is 466 g/mol. The van der Waals surface area contributed by atoms with E-state index in [9.17, 15) is 14.4 Å². The fourth-order valence-electron chi connectivity index (χ4n) is 3.39. The average Bonchev–Trinajstić information content (AvgIpc) is 3.47. The summed E-state index contributed by atoms with van der Waals surface area (Å²) in [7, 11) is 0. The molecule has 3 heterocycles. The minimum atomic E-state index is -0.241. The SMILES string of the molecule is NCc1ccc(C(=O)Nc2ccncc2)cc1-c1ccc(C(=O)NCC2CCSC2=O)s1. The largest absolute Gasteiger partial charge is 0.351 e. The van der Waals surface area contributed by atoms with Gasteiger partial charge in [-0.1, -0.05) is 17.8 Å². The van der Waals surface area contributed by atoms with E-state index in [-0.39, 0.29) is 22.8 Å². The van der Waals surface area contributed by atoms with Gasteiger partial charge in [-0.05, 0) is 53.9 Å². The molecule has 0 saturated carbocycles. The number of nitrogens with two attached hydrogens (primary N) is 1. The molecule has 1 aromatic carbocycles. The number of amides is 2. The first-order valence-electron chi connectivity index (χ1n) is 10.1. The Morgan fingerprint density at radius 2 is 1.91 bits per heavy atom. The van der Waals surface area contributed by atoms with Gasteiger partial charge in [0.05, 0.1) is 4.88 Å². The summed E-state index contributed by atoms with van der Waals surface area (Å²) in [5.41, 5.74) is 8.77. The van der Waals surface area contributed by atoms with Crippen molar-refractivity contribution in [3.63, 3.8) is 0 Å². The van der Waals surface area contributed by atoms with Crippen LogP contribution in [-0.2, 0) is 11.3 Å². The molecule has 1 unspecified atom stereocenters. The van der Waals surface area contributed by atoms with Crippen LogP contribution in [-0.4, -0.2) is 34.2 Å². The van der Waals surface area contributed by atoms with Gasteiger partial charge in [0.2, 0.25) is 0 Å². The summed E-state index contributed by atoms with van der Waals surface area (Å²) in [5, 5.41) is 5.85. The summed E-state index contributed by atoms with van der Waals surface area (Å²) in [4.78, 5) is 42.4. The molecule has 0 radical (unpaired) electrons. The number of carbonyl (C=O) groups excluding carboxylic acids is 3. The Kier molecular flexibility index (Phi) is 6.99. The van der Waals surface area contributed by atoms with E-state index in [1.807, 2.05) is 12.1 Å². The van der Waals surface area contributed by atoms with Crippen molar-refractivity contribution in [1.29, 1.82) is 0 Å². The van der Waals surface area contributed by atoms with Crippen molar-refractivity contribution >= 4 is 45.7 Å². The van der Waals surface area contributed by atoms with Crippen LogP contribution in [0.5, 0.6) is 0 Å². The second-order valence-electron chi connectivity index (χ2n) is 7.29. The van der Waals surface area contributed by atoms with Crippen molar-refractivity contribution in [3.05, 3.63) is 70.9 Å². The lowest BCUT2D eigenvalue weighted by molar-refractivity contribution is -0.113. The van der Waals surface area contributed by atoms with Crippen LogP contribution >= 0.6 is 23.1 Å². The molecule has 1 saturated heterocycles. The van der Waals surface area contributed by atoms with Gasteiger partial charge in [-0.3, -0.25) is 19.4 Å². The number of thioether (sulfide) groups is 1. The highest BCUT2D eigenvalue weighted by Crippen LogP contribution is 2.32. The predicted octanol–water partition coefficient (Wildman–Crippen LogP) is 3.53. The Labute approximate surface area is 193 Å². The number of benzene rings is 1. The first kappa shape index (κ1) is 22.2. The number of nitrogens with one attached hydrogen (secondary N) is 2. The number of aromatic nitrogens is 1. The van der Waals surface area contributed by atoms with Crippen molar-refractivity contribution < 1.29 is 14.4 Å². The average molecular weight is 467 g/mol. The molecule has 164 valence electrons. The quantitative estimate of drug-likeness (QED) is 0.491. The number of thiophene rings is 1. The standard InChI is InChI=1S/C23H22N4O3S2/c24-12-15-2-1-14(21(28)27-17-5-8-25-9-6-17)11-18(15)19-3-4-20(32-19)22(29)26-13-16-7-10-31-23(16)30/h1-6,8-9,11,16H,7,10,12-13,24H2,(H,26,29)(H,25,27,28). The molecule has 0 bridgehead atoms. The molecular weight excluding hydrogens is 444 g/mol. The minimum Gasteiger partial charge on any atom is -0.351 e. The number of carbonyl (C=O) groups is 3. The molecule has 3 aromatic rings. The fourth-order valence-corrected chi connectivity index (χ4v) is 5.41. The third kappa shape index (κ3) is 5.07. The molecule has 4 rings (SSSR count). The van der Waals surface area contributed by atoms with Gasteiger partial charge in [0.15, 0.2) is 5.12 Å². The van der Waals surface area contributed by atoms with E-state index in [0.29, 0.717) is 29.2 Å². The third-order valence-electron chi connectivity index (χ3n) is 5.18. The van der Waals surface area contributed by atoms with Crippen LogP contribution in [0.3, 0.4) is 0 Å². The topological polar surface area (TPSA) is 114 Å². The molecule has 1 atom stereocenters. The number of hydrogen-bond donors (Lipinski definition) is 3. The van der Waals surface area contributed by atoms with Gasteiger partial charge in [-0.2, -0.15) is 0 Å². The second-order valence-corrected chi connectivity index (χ2v) is 9.48. The Morgan fingerprint density at radius 3 is 2.62 bits per heavy atom. The summed E-state index contributed by atoms with van der Waals surface area (Å²) in [6.45, 7) is 0.666. The molecule has 2 amide bonds. The maximum absolute atomic E-state index is 12.7. The summed E-state index contributed by atoms with van der Waals surface area (Å²) in [6.07, 6.45) is 4.02. The molecule has 9 heteroatoms. The normalized spacial score (nSPS) is 15.5. The summed E-state index contributed by atoms with van der Waals surface area (Å²) in [5.74, 6) is 0.263. The second kappa shape index (κ2) is 10.1. The van der Waals surface area contributed by atoms with Crippen molar-refractivity contribution in [2.75, 3.05) is 17.6 Å². The molecule has 2 aromatic heterocycles. The third-order valence-corrected chi connectivity index (χ3v) is 7.35. The van der Waals surface area contributed by atoms with E-state index in [1.165, 1.54) is 23.1 Å². The summed E-state index contributed by atoms with van der Waals surface area (Å²) in [6, 6.07) is 12.4. The highest BCUT2D eigenvalue weighted by Gasteiger charge is 2.26. The fraction of sp³-hybridized carbons (Fsp3) is 0.217. The van der Waals surface area contributed by atoms with Crippen LogP contribution in [0, 0.1) is 5.92 Å². The lowest BCUT2D eigenvalue weighted by atomic mass is 10.0.